The van der Waals surface area contributed by atoms with E-state index in [1.807, 2.05) is 0 Å². The van der Waals surface area contributed by atoms with Crippen molar-refractivity contribution in [2.75, 3.05) is 12.0 Å². The van der Waals surface area contributed by atoms with Gasteiger partial charge in [0.2, 0.25) is 0 Å². The lowest BCUT2D eigenvalue weighted by Crippen LogP contribution is -2.26. The molecular weight excluding hydrogens is 382 g/mol. The lowest BCUT2D eigenvalue weighted by molar-refractivity contribution is 0.00654. The molecule has 0 amide bonds. The van der Waals surface area contributed by atoms with Crippen molar-refractivity contribution in [3.8, 4) is 11.1 Å². The predicted molar refractivity (Wildman–Crippen MR) is 106 cm³/mol. The highest BCUT2D eigenvalue weighted by molar-refractivity contribution is 7.90. The van der Waals surface area contributed by atoms with Crippen LogP contribution in [0.3, 0.4) is 0 Å². The molecule has 0 bridgehead atoms. The Kier molecular flexibility index (Phi) is 5.57. The molecule has 0 spiro atoms. The van der Waals surface area contributed by atoms with E-state index >= 15 is 0 Å². The highest BCUT2D eigenvalue weighted by atomic mass is 32.2. The van der Waals surface area contributed by atoms with Crippen LogP contribution >= 0.6 is 0 Å². The van der Waals surface area contributed by atoms with Gasteiger partial charge in [-0.3, -0.25) is 0 Å². The average Bonchev–Trinajstić information content (AvgIpc) is 2.52. The van der Waals surface area contributed by atoms with E-state index in [2.05, 4.69) is 0 Å². The summed E-state index contributed by atoms with van der Waals surface area (Å²) in [5, 5.41) is 9.70. The summed E-state index contributed by atoms with van der Waals surface area (Å²) < 4.78 is 30.2. The van der Waals surface area contributed by atoms with Crippen LogP contribution in [0, 0.1) is 6.92 Å². The second kappa shape index (κ2) is 7.27. The number of sulfone groups is 1. The Balaban J connectivity index is 2.99. The monoisotopic (exact) mass is 405 g/mol. The molecule has 7 nitrogen and oxygen atoms in total. The van der Waals surface area contributed by atoms with Crippen molar-refractivity contribution in [3.05, 3.63) is 47.0 Å². The maximum Gasteiger partial charge on any atom is 0.339 e. The molecule has 0 aliphatic rings. The molecule has 0 radical (unpaired) electrons. The maximum atomic E-state index is 12.7. The molecule has 8 heteroatoms. The van der Waals surface area contributed by atoms with Crippen LogP contribution in [0.25, 0.3) is 11.1 Å². The Morgan fingerprint density at radius 3 is 2.14 bits per heavy atom. The van der Waals surface area contributed by atoms with Gasteiger partial charge in [0.1, 0.15) is 5.60 Å². The Labute approximate surface area is 164 Å². The molecule has 150 valence electrons. The molecule has 0 heterocycles. The summed E-state index contributed by atoms with van der Waals surface area (Å²) in [6, 6.07) is 8.05. The Morgan fingerprint density at radius 1 is 1.11 bits per heavy atom. The van der Waals surface area contributed by atoms with E-state index in [1.165, 1.54) is 13.0 Å². The lowest BCUT2D eigenvalue weighted by atomic mass is 9.93. The number of nitrogen functional groups attached to an aromatic ring is 1. The van der Waals surface area contributed by atoms with E-state index in [4.69, 9.17) is 10.5 Å². The molecule has 0 aliphatic carbocycles. The van der Waals surface area contributed by atoms with E-state index in [0.717, 1.165) is 6.26 Å². The van der Waals surface area contributed by atoms with Gasteiger partial charge in [0.05, 0.1) is 16.0 Å². The number of para-hydroxylation sites is 1. The van der Waals surface area contributed by atoms with Crippen molar-refractivity contribution in [1.29, 1.82) is 0 Å². The van der Waals surface area contributed by atoms with Crippen molar-refractivity contribution in [3.63, 3.8) is 0 Å². The smallest absolute Gasteiger partial charge is 0.339 e. The standard InChI is InChI=1S/C20H23NO6S/c1-11-13(12-8-6-7-9-15(12)21)10-14(19(24)27-20(2,3)4)16(18(22)23)17(11)28(5,25)26/h6-10H,21H2,1-5H3,(H,22,23). The molecule has 0 aromatic heterocycles. The minimum Gasteiger partial charge on any atom is -0.478 e. The zero-order chi connectivity index (χ0) is 21.4. The Hall–Kier alpha value is -2.87. The third-order valence-corrected chi connectivity index (χ3v) is 5.24. The highest BCUT2D eigenvalue weighted by Crippen LogP contribution is 2.36. The average molecular weight is 405 g/mol. The molecule has 0 atom stereocenters. The molecule has 3 N–H and O–H groups in total. The van der Waals surface area contributed by atoms with Gasteiger partial charge in [-0.15, -0.1) is 0 Å². The largest absolute Gasteiger partial charge is 0.478 e. The number of hydrogen-bond acceptors (Lipinski definition) is 6. The van der Waals surface area contributed by atoms with Gasteiger partial charge in [-0.25, -0.2) is 18.0 Å². The minimum atomic E-state index is -3.98. The molecule has 2 aromatic rings. The van der Waals surface area contributed by atoms with Gasteiger partial charge in [0.15, 0.2) is 9.84 Å². The van der Waals surface area contributed by atoms with Gasteiger partial charge in [-0.2, -0.15) is 0 Å². The second-order valence-electron chi connectivity index (χ2n) is 7.47. The molecule has 0 saturated carbocycles. The van der Waals surface area contributed by atoms with Crippen LogP contribution in [0.4, 0.5) is 5.69 Å². The quantitative estimate of drug-likeness (QED) is 0.591. The number of hydrogen-bond donors (Lipinski definition) is 2. The lowest BCUT2D eigenvalue weighted by Gasteiger charge is -2.22. The van der Waals surface area contributed by atoms with Crippen LogP contribution in [0.2, 0.25) is 0 Å². The fourth-order valence-corrected chi connectivity index (χ4v) is 4.18. The maximum absolute atomic E-state index is 12.7. The third kappa shape index (κ3) is 4.33. The molecule has 0 saturated heterocycles. The zero-order valence-electron chi connectivity index (χ0n) is 16.4. The van der Waals surface area contributed by atoms with Gasteiger partial charge < -0.3 is 15.6 Å². The molecule has 0 unspecified atom stereocenters. The fraction of sp³-hybridized carbons (Fsp3) is 0.300. The third-order valence-electron chi connectivity index (χ3n) is 3.98. The summed E-state index contributed by atoms with van der Waals surface area (Å²) in [5.74, 6) is -2.46. The number of esters is 1. The topological polar surface area (TPSA) is 124 Å². The van der Waals surface area contributed by atoms with Crippen LogP contribution in [-0.4, -0.2) is 37.3 Å². The van der Waals surface area contributed by atoms with E-state index in [0.29, 0.717) is 16.8 Å². The summed E-state index contributed by atoms with van der Waals surface area (Å²) in [5.41, 5.74) is 5.59. The molecule has 0 aliphatic heterocycles. The van der Waals surface area contributed by atoms with Crippen LogP contribution in [0.5, 0.6) is 0 Å². The summed E-state index contributed by atoms with van der Waals surface area (Å²) >= 11 is 0. The number of carboxylic acids is 1. The predicted octanol–water partition coefficient (Wildman–Crippen LogP) is 3.30. The summed E-state index contributed by atoms with van der Waals surface area (Å²) in [4.78, 5) is 24.2. The van der Waals surface area contributed by atoms with Crippen LogP contribution in [0.15, 0.2) is 35.2 Å². The van der Waals surface area contributed by atoms with E-state index < -0.39 is 37.8 Å². The number of carboxylic acid groups (broad SMARTS) is 1. The van der Waals surface area contributed by atoms with E-state index in [9.17, 15) is 23.1 Å². The zero-order valence-corrected chi connectivity index (χ0v) is 17.2. The number of carbonyl (C=O) groups excluding carboxylic acids is 1. The summed E-state index contributed by atoms with van der Waals surface area (Å²) in [7, 11) is -3.98. The highest BCUT2D eigenvalue weighted by Gasteiger charge is 2.32. The van der Waals surface area contributed by atoms with Crippen molar-refractivity contribution < 1.29 is 27.9 Å². The van der Waals surface area contributed by atoms with Gasteiger partial charge >= 0.3 is 11.9 Å². The number of carbonyl (C=O) groups is 2. The SMILES string of the molecule is Cc1c(-c2ccccc2N)cc(C(=O)OC(C)(C)C)c(C(=O)O)c1S(C)(=O)=O. The minimum absolute atomic E-state index is 0.199. The number of anilines is 1. The summed E-state index contributed by atoms with van der Waals surface area (Å²) in [6.45, 7) is 6.39. The van der Waals surface area contributed by atoms with Crippen LogP contribution in [0.1, 0.15) is 47.1 Å². The number of nitrogens with two attached hydrogens (primary N) is 1. The molecular formula is C20H23NO6S. The van der Waals surface area contributed by atoms with Crippen molar-refractivity contribution in [2.45, 2.75) is 38.2 Å². The fourth-order valence-electron chi connectivity index (χ4n) is 2.95. The molecule has 0 fully saturated rings. The molecule has 28 heavy (non-hydrogen) atoms. The van der Waals surface area contributed by atoms with Gasteiger partial charge in [0.25, 0.3) is 0 Å². The first-order chi connectivity index (χ1) is 12.7. The number of benzene rings is 2. The van der Waals surface area contributed by atoms with Gasteiger partial charge in [0, 0.05) is 17.5 Å². The first kappa shape index (κ1) is 21.4. The first-order valence-corrected chi connectivity index (χ1v) is 10.3. The molecule has 2 aromatic carbocycles. The van der Waals surface area contributed by atoms with Gasteiger partial charge in [-0.1, -0.05) is 18.2 Å². The van der Waals surface area contributed by atoms with Gasteiger partial charge in [-0.05, 0) is 51.0 Å². The number of rotatable bonds is 4. The van der Waals surface area contributed by atoms with Crippen molar-refractivity contribution in [1.82, 2.24) is 0 Å². The Morgan fingerprint density at radius 2 is 1.68 bits per heavy atom. The summed E-state index contributed by atoms with van der Waals surface area (Å²) in [6.07, 6.45) is 0.902. The van der Waals surface area contributed by atoms with Crippen molar-refractivity contribution >= 4 is 27.5 Å². The normalized spacial score (nSPS) is 11.9. The van der Waals surface area contributed by atoms with Crippen LogP contribution in [-0.2, 0) is 14.6 Å². The first-order valence-electron chi connectivity index (χ1n) is 8.43. The second-order valence-corrected chi connectivity index (χ2v) is 9.42. The number of ether oxygens (including phenoxy) is 1. The van der Waals surface area contributed by atoms with E-state index in [-0.39, 0.29) is 11.1 Å². The van der Waals surface area contributed by atoms with Crippen molar-refractivity contribution in [2.24, 2.45) is 0 Å². The number of aromatic carboxylic acids is 1. The van der Waals surface area contributed by atoms with Crippen LogP contribution < -0.4 is 5.73 Å². The van der Waals surface area contributed by atoms with E-state index in [1.54, 1.807) is 45.0 Å². The Bertz CT molecular complexity index is 1060. The molecule has 2 rings (SSSR count).